The van der Waals surface area contributed by atoms with Crippen LogP contribution < -0.4 is 5.32 Å². The van der Waals surface area contributed by atoms with Crippen molar-refractivity contribution in [3.8, 4) is 0 Å². The largest absolute Gasteiger partial charge is 0.383 e. The molecule has 0 aliphatic heterocycles. The highest BCUT2D eigenvalue weighted by molar-refractivity contribution is 7.09. The average molecular weight is 265 g/mol. The molecule has 4 nitrogen and oxygen atoms in total. The number of hydrogen-bond donors (Lipinski definition) is 1. The summed E-state index contributed by atoms with van der Waals surface area (Å²) >= 11 is 1.75. The number of nitrogens with zero attached hydrogens (tertiary/aromatic N) is 2. The lowest BCUT2D eigenvalue weighted by molar-refractivity contribution is 0.163. The van der Waals surface area contributed by atoms with Gasteiger partial charge < -0.3 is 14.6 Å². The van der Waals surface area contributed by atoms with Gasteiger partial charge in [-0.3, -0.25) is 0 Å². The Morgan fingerprint density at radius 2 is 2.39 bits per heavy atom. The van der Waals surface area contributed by atoms with Crippen molar-refractivity contribution in [2.45, 2.75) is 26.4 Å². The van der Waals surface area contributed by atoms with Crippen molar-refractivity contribution in [2.75, 3.05) is 19.0 Å². The van der Waals surface area contributed by atoms with Crippen LogP contribution in [0, 0.1) is 6.92 Å². The highest BCUT2D eigenvalue weighted by Crippen LogP contribution is 2.18. The third-order valence-corrected chi connectivity index (χ3v) is 3.61. The number of rotatable bonds is 6. The fraction of sp³-hybridized carbons (Fsp3) is 0.462. The fourth-order valence-corrected chi connectivity index (χ4v) is 2.53. The smallest absolute Gasteiger partial charge is 0.203 e. The molecule has 0 fully saturated rings. The zero-order valence-electron chi connectivity index (χ0n) is 11.0. The number of aromatic nitrogens is 2. The van der Waals surface area contributed by atoms with Crippen molar-refractivity contribution < 1.29 is 4.74 Å². The molecule has 2 aromatic heterocycles. The quantitative estimate of drug-likeness (QED) is 0.872. The molecule has 0 bridgehead atoms. The third kappa shape index (κ3) is 3.11. The van der Waals surface area contributed by atoms with Gasteiger partial charge in [0.25, 0.3) is 0 Å². The van der Waals surface area contributed by atoms with Crippen molar-refractivity contribution in [2.24, 2.45) is 0 Å². The summed E-state index contributed by atoms with van der Waals surface area (Å²) in [5.41, 5.74) is 1.02. The summed E-state index contributed by atoms with van der Waals surface area (Å²) in [6, 6.07) is 4.46. The summed E-state index contributed by atoms with van der Waals surface area (Å²) < 4.78 is 7.33. The van der Waals surface area contributed by atoms with Crippen LogP contribution in [0.3, 0.4) is 0 Å². The molecule has 18 heavy (non-hydrogen) atoms. The molecule has 0 saturated carbocycles. The van der Waals surface area contributed by atoms with Gasteiger partial charge in [-0.1, -0.05) is 6.07 Å². The second-order valence-corrected chi connectivity index (χ2v) is 5.38. The Kier molecular flexibility index (Phi) is 4.38. The highest BCUT2D eigenvalue weighted by Gasteiger charge is 2.11. The minimum atomic E-state index is 0.280. The molecule has 0 aromatic carbocycles. The minimum absolute atomic E-state index is 0.280. The molecular weight excluding hydrogens is 246 g/mol. The average Bonchev–Trinajstić information content (AvgIpc) is 2.95. The summed E-state index contributed by atoms with van der Waals surface area (Å²) in [6.07, 6.45) is 2.06. The highest BCUT2D eigenvalue weighted by atomic mass is 32.1. The van der Waals surface area contributed by atoms with Gasteiger partial charge in [0.15, 0.2) is 0 Å². The van der Waals surface area contributed by atoms with Crippen LogP contribution in [0.15, 0.2) is 23.7 Å². The SMILES string of the molecule is COCC(C)n1cc(C)nc1NCc1cccs1. The summed E-state index contributed by atoms with van der Waals surface area (Å²) in [4.78, 5) is 5.82. The van der Waals surface area contributed by atoms with Gasteiger partial charge in [0.2, 0.25) is 5.95 Å². The summed E-state index contributed by atoms with van der Waals surface area (Å²) in [6.45, 7) is 5.63. The first kappa shape index (κ1) is 13.1. The first-order valence-corrected chi connectivity index (χ1v) is 6.89. The first-order chi connectivity index (χ1) is 8.70. The molecule has 1 atom stereocenters. The lowest BCUT2D eigenvalue weighted by Gasteiger charge is -2.15. The summed E-state index contributed by atoms with van der Waals surface area (Å²) in [5.74, 6) is 0.908. The van der Waals surface area contributed by atoms with E-state index < -0.39 is 0 Å². The van der Waals surface area contributed by atoms with Gasteiger partial charge in [-0.05, 0) is 25.3 Å². The number of nitrogens with one attached hydrogen (secondary N) is 1. The van der Waals surface area contributed by atoms with E-state index in [-0.39, 0.29) is 6.04 Å². The van der Waals surface area contributed by atoms with Gasteiger partial charge in [-0.2, -0.15) is 0 Å². The second-order valence-electron chi connectivity index (χ2n) is 4.35. The molecule has 0 amide bonds. The van der Waals surface area contributed by atoms with E-state index in [4.69, 9.17) is 4.74 Å². The second kappa shape index (κ2) is 6.02. The Balaban J connectivity index is 2.07. The number of anilines is 1. The number of thiophene rings is 1. The van der Waals surface area contributed by atoms with Gasteiger partial charge >= 0.3 is 0 Å². The van der Waals surface area contributed by atoms with Crippen LogP contribution in [0.4, 0.5) is 5.95 Å². The van der Waals surface area contributed by atoms with Crippen LogP contribution in [0.1, 0.15) is 23.5 Å². The van der Waals surface area contributed by atoms with Crippen molar-refractivity contribution >= 4 is 17.3 Å². The summed E-state index contributed by atoms with van der Waals surface area (Å²) in [7, 11) is 1.72. The van der Waals surface area contributed by atoms with Gasteiger partial charge in [0.05, 0.1) is 24.9 Å². The van der Waals surface area contributed by atoms with E-state index in [2.05, 4.69) is 45.5 Å². The van der Waals surface area contributed by atoms with E-state index in [0.717, 1.165) is 18.2 Å². The maximum absolute atomic E-state index is 5.20. The predicted octanol–water partition coefficient (Wildman–Crippen LogP) is 3.07. The molecule has 5 heteroatoms. The Labute approximate surface area is 112 Å². The standard InChI is InChI=1S/C13H19N3OS/c1-10-8-16(11(2)9-17-3)13(15-10)14-7-12-5-4-6-18-12/h4-6,8,11H,7,9H2,1-3H3,(H,14,15). The third-order valence-electron chi connectivity index (χ3n) is 2.74. The number of ether oxygens (including phenoxy) is 1. The Bertz CT molecular complexity index is 478. The van der Waals surface area contributed by atoms with E-state index in [1.807, 2.05) is 6.92 Å². The van der Waals surface area contributed by atoms with Crippen LogP contribution in [0.5, 0.6) is 0 Å². The van der Waals surface area contributed by atoms with Crippen molar-refractivity contribution in [3.63, 3.8) is 0 Å². The van der Waals surface area contributed by atoms with Crippen molar-refractivity contribution in [1.82, 2.24) is 9.55 Å². The van der Waals surface area contributed by atoms with Gasteiger partial charge in [0.1, 0.15) is 0 Å². The number of imidazole rings is 1. The number of methoxy groups -OCH3 is 1. The molecule has 0 aliphatic rings. The molecular formula is C13H19N3OS. The number of hydrogen-bond acceptors (Lipinski definition) is 4. The molecule has 0 spiro atoms. The molecule has 0 saturated heterocycles. The summed E-state index contributed by atoms with van der Waals surface area (Å²) in [5, 5.41) is 5.47. The molecule has 1 unspecified atom stereocenters. The lowest BCUT2D eigenvalue weighted by atomic mass is 10.3. The van der Waals surface area contributed by atoms with Crippen LogP contribution in [0.2, 0.25) is 0 Å². The first-order valence-electron chi connectivity index (χ1n) is 6.01. The normalized spacial score (nSPS) is 12.6. The topological polar surface area (TPSA) is 39.1 Å². The van der Waals surface area contributed by atoms with Crippen LogP contribution >= 0.6 is 11.3 Å². The van der Waals surface area contributed by atoms with Gasteiger partial charge in [0, 0.05) is 18.2 Å². The Morgan fingerprint density at radius 3 is 3.06 bits per heavy atom. The zero-order valence-corrected chi connectivity index (χ0v) is 11.8. The molecule has 98 valence electrons. The molecule has 2 rings (SSSR count). The lowest BCUT2D eigenvalue weighted by Crippen LogP contribution is -2.14. The van der Waals surface area contributed by atoms with E-state index in [1.165, 1.54) is 4.88 Å². The number of aryl methyl sites for hydroxylation is 1. The predicted molar refractivity (Wildman–Crippen MR) is 75.2 cm³/mol. The van der Waals surface area contributed by atoms with Gasteiger partial charge in [-0.25, -0.2) is 4.98 Å². The fourth-order valence-electron chi connectivity index (χ4n) is 1.88. The molecule has 2 heterocycles. The molecule has 2 aromatic rings. The van der Waals surface area contributed by atoms with Crippen LogP contribution in [0.25, 0.3) is 0 Å². The zero-order chi connectivity index (χ0) is 13.0. The maximum atomic E-state index is 5.20. The maximum Gasteiger partial charge on any atom is 0.203 e. The van der Waals surface area contributed by atoms with E-state index in [0.29, 0.717) is 6.61 Å². The van der Waals surface area contributed by atoms with Crippen molar-refractivity contribution in [1.29, 1.82) is 0 Å². The molecule has 0 radical (unpaired) electrons. The van der Waals surface area contributed by atoms with Gasteiger partial charge in [-0.15, -0.1) is 11.3 Å². The molecule has 1 N–H and O–H groups in total. The Morgan fingerprint density at radius 1 is 1.56 bits per heavy atom. The van der Waals surface area contributed by atoms with Crippen molar-refractivity contribution in [3.05, 3.63) is 34.3 Å². The Hall–Kier alpha value is -1.33. The van der Waals surface area contributed by atoms with E-state index in [1.54, 1.807) is 18.4 Å². The van der Waals surface area contributed by atoms with Crippen LogP contribution in [-0.2, 0) is 11.3 Å². The molecule has 0 aliphatic carbocycles. The van der Waals surface area contributed by atoms with Crippen LogP contribution in [-0.4, -0.2) is 23.3 Å². The minimum Gasteiger partial charge on any atom is -0.383 e. The van der Waals surface area contributed by atoms with E-state index >= 15 is 0 Å². The monoisotopic (exact) mass is 265 g/mol. The van der Waals surface area contributed by atoms with E-state index in [9.17, 15) is 0 Å².